The molecule has 0 aliphatic carbocycles. The molecule has 6 nitrogen and oxygen atoms in total. The molecule has 1 amide bonds. The molecule has 2 fully saturated rings. The van der Waals surface area contributed by atoms with Crippen molar-refractivity contribution in [3.8, 4) is 0 Å². The Balaban J connectivity index is 1.47. The van der Waals surface area contributed by atoms with Gasteiger partial charge >= 0.3 is 0 Å². The predicted octanol–water partition coefficient (Wildman–Crippen LogP) is 1.20. The van der Waals surface area contributed by atoms with E-state index in [1.54, 1.807) is 0 Å². The molecular weight excluding hydrogens is 326 g/mol. The van der Waals surface area contributed by atoms with E-state index >= 15 is 0 Å². The van der Waals surface area contributed by atoms with Gasteiger partial charge in [0.05, 0.1) is 12.7 Å². The van der Waals surface area contributed by atoms with Gasteiger partial charge in [-0.25, -0.2) is 8.42 Å². The van der Waals surface area contributed by atoms with Crippen LogP contribution < -0.4 is 0 Å². The second kappa shape index (κ2) is 5.60. The number of benzene rings is 1. The molecule has 2 atom stereocenters. The van der Waals surface area contributed by atoms with Crippen molar-refractivity contribution in [2.75, 3.05) is 25.9 Å². The molecule has 2 aliphatic rings. The van der Waals surface area contributed by atoms with Crippen LogP contribution in [0.3, 0.4) is 0 Å². The summed E-state index contributed by atoms with van der Waals surface area (Å²) in [6.07, 6.45) is 4.37. The normalized spacial score (nSPS) is 24.6. The molecule has 24 heavy (non-hydrogen) atoms. The Labute approximate surface area is 141 Å². The summed E-state index contributed by atoms with van der Waals surface area (Å²) in [7, 11) is -3.17. The summed E-state index contributed by atoms with van der Waals surface area (Å²) in [6, 6.07) is 7.89. The van der Waals surface area contributed by atoms with Gasteiger partial charge in [-0.05, 0) is 24.0 Å². The summed E-state index contributed by atoms with van der Waals surface area (Å²) < 4.78 is 25.1. The Bertz CT molecular complexity index is 889. The number of aromatic amines is 1. The number of fused-ring (bicyclic) bond motifs is 2. The largest absolute Gasteiger partial charge is 0.361 e. The van der Waals surface area contributed by atoms with Crippen LogP contribution in [0.2, 0.25) is 0 Å². The van der Waals surface area contributed by atoms with E-state index in [4.69, 9.17) is 0 Å². The van der Waals surface area contributed by atoms with Gasteiger partial charge in [-0.1, -0.05) is 18.2 Å². The lowest BCUT2D eigenvalue weighted by atomic mass is 9.84. The number of aromatic nitrogens is 1. The molecule has 2 aliphatic heterocycles. The molecule has 2 aromatic rings. The van der Waals surface area contributed by atoms with E-state index in [0.717, 1.165) is 29.4 Å². The molecule has 0 spiro atoms. The molecule has 1 aromatic carbocycles. The molecule has 1 aromatic heterocycles. The predicted molar refractivity (Wildman–Crippen MR) is 92.0 cm³/mol. The fraction of sp³-hybridized carbons (Fsp3) is 0.471. The molecule has 0 bridgehead atoms. The molecule has 7 heteroatoms. The van der Waals surface area contributed by atoms with Crippen LogP contribution in [0.25, 0.3) is 10.9 Å². The van der Waals surface area contributed by atoms with E-state index in [1.165, 1.54) is 10.6 Å². The van der Waals surface area contributed by atoms with Crippen LogP contribution in [0, 0.1) is 5.92 Å². The second-order valence-corrected chi connectivity index (χ2v) is 8.76. The van der Waals surface area contributed by atoms with Crippen LogP contribution in [0.5, 0.6) is 0 Å². The zero-order chi connectivity index (χ0) is 16.9. The number of likely N-dealkylation sites (tertiary alicyclic amines) is 1. The Morgan fingerprint density at radius 2 is 2.08 bits per heavy atom. The maximum atomic E-state index is 12.7. The van der Waals surface area contributed by atoms with Crippen molar-refractivity contribution in [2.45, 2.75) is 18.9 Å². The van der Waals surface area contributed by atoms with Crippen molar-refractivity contribution in [1.29, 1.82) is 0 Å². The number of amides is 1. The minimum absolute atomic E-state index is 0.0410. The highest BCUT2D eigenvalue weighted by Gasteiger charge is 2.47. The summed E-state index contributed by atoms with van der Waals surface area (Å²) in [5, 5.41) is 1.07. The van der Waals surface area contributed by atoms with Crippen molar-refractivity contribution in [2.24, 2.45) is 5.92 Å². The summed E-state index contributed by atoms with van der Waals surface area (Å²) >= 11 is 0. The van der Waals surface area contributed by atoms with Gasteiger partial charge in [0.2, 0.25) is 15.9 Å². The van der Waals surface area contributed by atoms with E-state index < -0.39 is 10.0 Å². The topological polar surface area (TPSA) is 73.5 Å². The van der Waals surface area contributed by atoms with E-state index in [-0.39, 0.29) is 11.9 Å². The molecule has 0 radical (unpaired) electrons. The molecule has 4 rings (SSSR count). The zero-order valence-corrected chi connectivity index (χ0v) is 14.4. The summed E-state index contributed by atoms with van der Waals surface area (Å²) in [5.74, 6) is 0.468. The highest BCUT2D eigenvalue weighted by molar-refractivity contribution is 7.88. The van der Waals surface area contributed by atoms with Gasteiger partial charge < -0.3 is 9.88 Å². The second-order valence-electron chi connectivity index (χ2n) is 6.82. The first kappa shape index (κ1) is 15.7. The Hall–Kier alpha value is -1.86. The highest BCUT2D eigenvalue weighted by atomic mass is 32.2. The fourth-order valence-electron chi connectivity index (χ4n) is 3.91. The van der Waals surface area contributed by atoms with Crippen molar-refractivity contribution in [3.63, 3.8) is 0 Å². The van der Waals surface area contributed by atoms with E-state index in [9.17, 15) is 13.2 Å². The van der Waals surface area contributed by atoms with Gasteiger partial charge in [0, 0.05) is 42.8 Å². The monoisotopic (exact) mass is 347 g/mol. The maximum absolute atomic E-state index is 12.7. The minimum atomic E-state index is -3.17. The number of para-hydroxylation sites is 1. The zero-order valence-electron chi connectivity index (χ0n) is 13.6. The quantitative estimate of drug-likeness (QED) is 0.907. The van der Waals surface area contributed by atoms with Gasteiger partial charge in [-0.3, -0.25) is 4.79 Å². The number of hydrogen-bond donors (Lipinski definition) is 1. The Morgan fingerprint density at radius 1 is 1.29 bits per heavy atom. The SMILES string of the molecule is CS(=O)(=O)N1C[C@H]2CCN(C(=O)Cc3c[nH]c4ccccc34)C[C@H]21. The third-order valence-electron chi connectivity index (χ3n) is 5.30. The number of sulfonamides is 1. The lowest BCUT2D eigenvalue weighted by molar-refractivity contribution is -0.135. The summed E-state index contributed by atoms with van der Waals surface area (Å²) in [5.41, 5.74) is 2.02. The maximum Gasteiger partial charge on any atom is 0.227 e. The lowest BCUT2D eigenvalue weighted by Gasteiger charge is -2.51. The number of hydrogen-bond acceptors (Lipinski definition) is 3. The van der Waals surface area contributed by atoms with Crippen LogP contribution in [0.1, 0.15) is 12.0 Å². The van der Waals surface area contributed by atoms with Crippen LogP contribution in [-0.2, 0) is 21.2 Å². The average molecular weight is 347 g/mol. The first-order valence-electron chi connectivity index (χ1n) is 8.23. The van der Waals surface area contributed by atoms with Gasteiger partial charge in [-0.15, -0.1) is 0 Å². The molecule has 2 saturated heterocycles. The average Bonchev–Trinajstić information content (AvgIpc) is 2.90. The van der Waals surface area contributed by atoms with Gasteiger partial charge in [0.1, 0.15) is 0 Å². The third-order valence-corrected chi connectivity index (χ3v) is 6.57. The molecule has 3 heterocycles. The van der Waals surface area contributed by atoms with Crippen LogP contribution in [0.4, 0.5) is 0 Å². The van der Waals surface area contributed by atoms with Crippen molar-refractivity contribution in [3.05, 3.63) is 36.0 Å². The van der Waals surface area contributed by atoms with Gasteiger partial charge in [-0.2, -0.15) is 4.31 Å². The minimum Gasteiger partial charge on any atom is -0.361 e. The van der Waals surface area contributed by atoms with Crippen LogP contribution in [0.15, 0.2) is 30.5 Å². The van der Waals surface area contributed by atoms with Gasteiger partial charge in [0.15, 0.2) is 0 Å². The standard InChI is InChI=1S/C17H21N3O3S/c1-24(22,23)20-10-12-6-7-19(11-16(12)20)17(21)8-13-9-18-15-5-3-2-4-14(13)15/h2-5,9,12,16,18H,6-8,10-11H2,1H3/t12-,16-/m1/s1. The van der Waals surface area contributed by atoms with E-state index in [1.807, 2.05) is 35.4 Å². The Morgan fingerprint density at radius 3 is 2.88 bits per heavy atom. The number of carbonyl (C=O) groups is 1. The molecule has 0 saturated carbocycles. The van der Waals surface area contributed by atoms with Crippen LogP contribution in [-0.4, -0.2) is 60.4 Å². The fourth-order valence-corrected chi connectivity index (χ4v) is 5.10. The van der Waals surface area contributed by atoms with Crippen molar-refractivity contribution < 1.29 is 13.2 Å². The number of rotatable bonds is 3. The number of carbonyl (C=O) groups excluding carboxylic acids is 1. The van der Waals surface area contributed by atoms with E-state index in [0.29, 0.717) is 25.4 Å². The molecule has 128 valence electrons. The smallest absolute Gasteiger partial charge is 0.227 e. The van der Waals surface area contributed by atoms with Crippen molar-refractivity contribution >= 4 is 26.8 Å². The summed E-state index contributed by atoms with van der Waals surface area (Å²) in [6.45, 7) is 1.84. The van der Waals surface area contributed by atoms with Crippen molar-refractivity contribution in [1.82, 2.24) is 14.2 Å². The summed E-state index contributed by atoms with van der Waals surface area (Å²) in [4.78, 5) is 17.7. The molecular formula is C17H21N3O3S. The van der Waals surface area contributed by atoms with Gasteiger partial charge in [0.25, 0.3) is 0 Å². The highest BCUT2D eigenvalue weighted by Crippen LogP contribution is 2.34. The lowest BCUT2D eigenvalue weighted by Crippen LogP contribution is -2.65. The number of nitrogens with one attached hydrogen (secondary N) is 1. The van der Waals surface area contributed by atoms with Crippen LogP contribution >= 0.6 is 0 Å². The number of piperidine rings is 1. The molecule has 0 unspecified atom stereocenters. The Kier molecular flexibility index (Phi) is 3.65. The van der Waals surface area contributed by atoms with E-state index in [2.05, 4.69) is 4.98 Å². The third kappa shape index (κ3) is 2.61. The number of H-pyrrole nitrogens is 1. The first-order valence-corrected chi connectivity index (χ1v) is 10.1. The molecule has 1 N–H and O–H groups in total. The first-order chi connectivity index (χ1) is 11.4. The number of nitrogens with zero attached hydrogens (tertiary/aromatic N) is 2.